The summed E-state index contributed by atoms with van der Waals surface area (Å²) in [6.45, 7) is 0. The van der Waals surface area contributed by atoms with Crippen molar-refractivity contribution in [3.63, 3.8) is 0 Å². The Morgan fingerprint density at radius 2 is 1.83 bits per heavy atom. The van der Waals surface area contributed by atoms with Crippen LogP contribution in [-0.2, 0) is 0 Å². The first-order chi connectivity index (χ1) is 8.75. The zero-order chi connectivity index (χ0) is 12.5. The molecule has 0 saturated heterocycles. The highest BCUT2D eigenvalue weighted by molar-refractivity contribution is 5.86. The van der Waals surface area contributed by atoms with Gasteiger partial charge in [-0.15, -0.1) is 0 Å². The Morgan fingerprint density at radius 3 is 2.56 bits per heavy atom. The van der Waals surface area contributed by atoms with Crippen LogP contribution in [-0.4, -0.2) is 5.11 Å². The van der Waals surface area contributed by atoms with Gasteiger partial charge in [0.25, 0.3) is 0 Å². The fraction of sp³-hybridized carbons (Fsp3) is 0.375. The van der Waals surface area contributed by atoms with Crippen LogP contribution in [0, 0.1) is 11.7 Å². The van der Waals surface area contributed by atoms with Crippen molar-refractivity contribution in [1.82, 2.24) is 0 Å². The van der Waals surface area contributed by atoms with Gasteiger partial charge in [-0.3, -0.25) is 0 Å². The third-order valence-corrected chi connectivity index (χ3v) is 3.81. The first-order valence-corrected chi connectivity index (χ1v) is 6.61. The van der Waals surface area contributed by atoms with E-state index in [2.05, 4.69) is 0 Å². The van der Waals surface area contributed by atoms with Crippen LogP contribution in [0.1, 0.15) is 37.4 Å². The number of rotatable bonds is 4. The Bertz CT molecular complexity index is 560. The van der Waals surface area contributed by atoms with Gasteiger partial charge < -0.3 is 5.11 Å². The Balaban J connectivity index is 1.92. The average molecular weight is 244 g/mol. The van der Waals surface area contributed by atoms with Crippen molar-refractivity contribution in [1.29, 1.82) is 0 Å². The largest absolute Gasteiger partial charge is 0.388 e. The second-order valence-corrected chi connectivity index (χ2v) is 5.22. The number of hydrogen-bond acceptors (Lipinski definition) is 1. The van der Waals surface area contributed by atoms with E-state index in [1.54, 1.807) is 12.1 Å². The van der Waals surface area contributed by atoms with Gasteiger partial charge in [0.1, 0.15) is 5.82 Å². The van der Waals surface area contributed by atoms with Crippen molar-refractivity contribution in [2.45, 2.75) is 31.8 Å². The first kappa shape index (κ1) is 11.7. The lowest BCUT2D eigenvalue weighted by Crippen LogP contribution is -2.00. The Hall–Kier alpha value is -1.41. The molecule has 0 amide bonds. The standard InChI is InChI=1S/C16H17FO/c17-15-9-8-14(12-3-1-2-4-13(12)15)16(18)10-7-11-5-6-11/h1-4,8-9,11,16,18H,5-7,10H2. The highest BCUT2D eigenvalue weighted by Crippen LogP contribution is 2.37. The number of fused-ring (bicyclic) bond motifs is 1. The summed E-state index contributed by atoms with van der Waals surface area (Å²) in [4.78, 5) is 0. The molecule has 1 unspecified atom stereocenters. The second-order valence-electron chi connectivity index (χ2n) is 5.22. The predicted molar refractivity (Wildman–Crippen MR) is 70.8 cm³/mol. The summed E-state index contributed by atoms with van der Waals surface area (Å²) < 4.78 is 13.7. The fourth-order valence-corrected chi connectivity index (χ4v) is 2.53. The smallest absolute Gasteiger partial charge is 0.131 e. The molecular formula is C16H17FO. The van der Waals surface area contributed by atoms with Crippen LogP contribution in [0.15, 0.2) is 36.4 Å². The van der Waals surface area contributed by atoms with Gasteiger partial charge in [-0.05, 0) is 35.8 Å². The molecular weight excluding hydrogens is 227 g/mol. The number of hydrogen-bond donors (Lipinski definition) is 1. The third kappa shape index (κ3) is 2.25. The summed E-state index contributed by atoms with van der Waals surface area (Å²) in [6.07, 6.45) is 3.98. The summed E-state index contributed by atoms with van der Waals surface area (Å²) in [5.74, 6) is 0.593. The molecule has 18 heavy (non-hydrogen) atoms. The van der Waals surface area contributed by atoms with E-state index < -0.39 is 6.10 Å². The minimum atomic E-state index is -0.476. The van der Waals surface area contributed by atoms with Crippen molar-refractivity contribution in [2.24, 2.45) is 5.92 Å². The molecule has 0 heterocycles. The van der Waals surface area contributed by atoms with Crippen LogP contribution in [0.3, 0.4) is 0 Å². The molecule has 3 rings (SSSR count). The van der Waals surface area contributed by atoms with Crippen LogP contribution in [0.4, 0.5) is 4.39 Å². The molecule has 2 aromatic carbocycles. The topological polar surface area (TPSA) is 20.2 Å². The van der Waals surface area contributed by atoms with Crippen molar-refractivity contribution < 1.29 is 9.50 Å². The van der Waals surface area contributed by atoms with Gasteiger partial charge in [-0.25, -0.2) is 4.39 Å². The van der Waals surface area contributed by atoms with Gasteiger partial charge >= 0.3 is 0 Å². The quantitative estimate of drug-likeness (QED) is 0.854. The Labute approximate surface area is 106 Å². The van der Waals surface area contributed by atoms with Crippen molar-refractivity contribution in [3.8, 4) is 0 Å². The Morgan fingerprint density at radius 1 is 1.11 bits per heavy atom. The maximum atomic E-state index is 13.7. The van der Waals surface area contributed by atoms with Crippen LogP contribution in [0.5, 0.6) is 0 Å². The molecule has 1 nitrogen and oxygen atoms in total. The lowest BCUT2D eigenvalue weighted by Gasteiger charge is -2.14. The Kier molecular flexibility index (Phi) is 3.04. The first-order valence-electron chi connectivity index (χ1n) is 6.61. The highest BCUT2D eigenvalue weighted by atomic mass is 19.1. The molecule has 1 aliphatic rings. The fourth-order valence-electron chi connectivity index (χ4n) is 2.53. The van der Waals surface area contributed by atoms with Crippen LogP contribution in [0.2, 0.25) is 0 Å². The summed E-state index contributed by atoms with van der Waals surface area (Å²) in [7, 11) is 0. The van der Waals surface area contributed by atoms with Gasteiger partial charge in [0.05, 0.1) is 6.10 Å². The van der Waals surface area contributed by atoms with Gasteiger partial charge in [0.15, 0.2) is 0 Å². The summed E-state index contributed by atoms with van der Waals surface area (Å²) in [6, 6.07) is 10.5. The minimum absolute atomic E-state index is 0.219. The predicted octanol–water partition coefficient (Wildman–Crippen LogP) is 4.20. The second kappa shape index (κ2) is 4.69. The van der Waals surface area contributed by atoms with E-state index in [1.165, 1.54) is 18.9 Å². The summed E-state index contributed by atoms with van der Waals surface area (Å²) in [5.41, 5.74) is 0.854. The molecule has 0 radical (unpaired) electrons. The molecule has 1 saturated carbocycles. The summed E-state index contributed by atoms with van der Waals surface area (Å²) >= 11 is 0. The van der Waals surface area contributed by atoms with Crippen molar-refractivity contribution in [2.75, 3.05) is 0 Å². The molecule has 1 atom stereocenters. The van der Waals surface area contributed by atoms with Gasteiger partial charge in [0.2, 0.25) is 0 Å². The van der Waals surface area contributed by atoms with Crippen LogP contribution in [0.25, 0.3) is 10.8 Å². The molecule has 0 aromatic heterocycles. The third-order valence-electron chi connectivity index (χ3n) is 3.81. The SMILES string of the molecule is OC(CCC1CC1)c1ccc(F)c2ccccc12. The maximum absolute atomic E-state index is 13.7. The molecule has 2 aromatic rings. The lowest BCUT2D eigenvalue weighted by molar-refractivity contribution is 0.164. The molecule has 94 valence electrons. The number of halogens is 1. The molecule has 1 fully saturated rings. The van der Waals surface area contributed by atoms with E-state index in [0.717, 1.165) is 29.7 Å². The van der Waals surface area contributed by atoms with E-state index in [9.17, 15) is 9.50 Å². The summed E-state index contributed by atoms with van der Waals surface area (Å²) in [5, 5.41) is 11.7. The molecule has 0 bridgehead atoms. The number of aliphatic hydroxyl groups excluding tert-OH is 1. The zero-order valence-corrected chi connectivity index (χ0v) is 10.3. The highest BCUT2D eigenvalue weighted by Gasteiger charge is 2.23. The van der Waals surface area contributed by atoms with Crippen LogP contribution < -0.4 is 0 Å². The van der Waals surface area contributed by atoms with E-state index in [-0.39, 0.29) is 5.82 Å². The molecule has 2 heteroatoms. The van der Waals surface area contributed by atoms with Gasteiger partial charge in [0, 0.05) is 5.39 Å². The van der Waals surface area contributed by atoms with Crippen LogP contribution >= 0.6 is 0 Å². The van der Waals surface area contributed by atoms with Crippen molar-refractivity contribution in [3.05, 3.63) is 47.8 Å². The maximum Gasteiger partial charge on any atom is 0.131 e. The molecule has 0 aliphatic heterocycles. The van der Waals surface area contributed by atoms with Gasteiger partial charge in [-0.1, -0.05) is 43.2 Å². The molecule has 1 N–H and O–H groups in total. The minimum Gasteiger partial charge on any atom is -0.388 e. The van der Waals surface area contributed by atoms with E-state index in [1.807, 2.05) is 18.2 Å². The normalized spacial score (nSPS) is 17.0. The van der Waals surface area contributed by atoms with E-state index in [4.69, 9.17) is 0 Å². The number of aliphatic hydroxyl groups is 1. The monoisotopic (exact) mass is 244 g/mol. The van der Waals surface area contributed by atoms with E-state index in [0.29, 0.717) is 5.39 Å². The number of benzene rings is 2. The lowest BCUT2D eigenvalue weighted by atomic mass is 9.97. The average Bonchev–Trinajstić information content (AvgIpc) is 3.21. The molecule has 0 spiro atoms. The van der Waals surface area contributed by atoms with E-state index >= 15 is 0 Å². The zero-order valence-electron chi connectivity index (χ0n) is 10.3. The van der Waals surface area contributed by atoms with Crippen molar-refractivity contribution >= 4 is 10.8 Å². The molecule has 1 aliphatic carbocycles. The van der Waals surface area contributed by atoms with Gasteiger partial charge in [-0.2, -0.15) is 0 Å².